The number of carbonyl (C=O) groups excluding carboxylic acids is 1. The van der Waals surface area contributed by atoms with Gasteiger partial charge < -0.3 is 14.8 Å². The first kappa shape index (κ1) is 20.6. The van der Waals surface area contributed by atoms with Crippen LogP contribution < -0.4 is 5.32 Å². The number of ether oxygens (including phenoxy) is 2. The van der Waals surface area contributed by atoms with Crippen LogP contribution in [0.15, 0.2) is 42.7 Å². The van der Waals surface area contributed by atoms with Gasteiger partial charge >= 0.3 is 12.3 Å². The number of pyridine rings is 1. The van der Waals surface area contributed by atoms with E-state index >= 15 is 0 Å². The number of benzene rings is 1. The Bertz CT molecular complexity index is 937. The Hall–Kier alpha value is -3.12. The van der Waals surface area contributed by atoms with Crippen LogP contribution in [0.5, 0.6) is 0 Å². The normalized spacial score (nSPS) is 18.6. The standard InChI is InChI=1S/C20H16F4N2O3/c21-16-6-3-5-14(9-16)18-17(26-19(27)29-18)15-8-13(10-25-11-15)4-1-2-7-28-12-20(22,23)24/h3,5-6,8-11,17-18H,2,7,12H2,(H,26,27)/t17-,18-/m1/s1. The Kier molecular flexibility index (Phi) is 6.34. The summed E-state index contributed by atoms with van der Waals surface area (Å²) in [6, 6.07) is 6.85. The van der Waals surface area contributed by atoms with E-state index in [2.05, 4.69) is 26.9 Å². The summed E-state index contributed by atoms with van der Waals surface area (Å²) in [5.41, 5.74) is 1.61. The van der Waals surface area contributed by atoms with E-state index in [4.69, 9.17) is 4.74 Å². The van der Waals surface area contributed by atoms with Crippen LogP contribution in [0.2, 0.25) is 0 Å². The number of amides is 1. The topological polar surface area (TPSA) is 60.5 Å². The molecule has 5 nitrogen and oxygen atoms in total. The molecule has 9 heteroatoms. The molecule has 1 fully saturated rings. The van der Waals surface area contributed by atoms with Crippen molar-refractivity contribution in [1.29, 1.82) is 0 Å². The first-order chi connectivity index (χ1) is 13.8. The van der Waals surface area contributed by atoms with Crippen molar-refractivity contribution in [2.75, 3.05) is 13.2 Å². The molecule has 2 aromatic rings. The quantitative estimate of drug-likeness (QED) is 0.461. The number of alkyl carbamates (subject to hydrolysis) is 1. The fraction of sp³-hybridized carbons (Fsp3) is 0.300. The number of alkyl halides is 3. The van der Waals surface area contributed by atoms with Gasteiger partial charge in [0.25, 0.3) is 0 Å². The van der Waals surface area contributed by atoms with Crippen molar-refractivity contribution in [2.45, 2.75) is 24.7 Å². The van der Waals surface area contributed by atoms with Gasteiger partial charge in [-0.1, -0.05) is 24.0 Å². The lowest BCUT2D eigenvalue weighted by Gasteiger charge is -2.17. The van der Waals surface area contributed by atoms with Crippen LogP contribution in [0.3, 0.4) is 0 Å². The molecule has 0 radical (unpaired) electrons. The van der Waals surface area contributed by atoms with Crippen molar-refractivity contribution in [3.8, 4) is 11.8 Å². The van der Waals surface area contributed by atoms with Gasteiger partial charge in [-0.25, -0.2) is 9.18 Å². The molecule has 0 saturated carbocycles. The molecule has 1 saturated heterocycles. The molecular formula is C20H16F4N2O3. The van der Waals surface area contributed by atoms with Crippen LogP contribution in [-0.2, 0) is 9.47 Å². The molecule has 0 spiro atoms. The second-order valence-electron chi connectivity index (χ2n) is 6.23. The van der Waals surface area contributed by atoms with Crippen molar-refractivity contribution < 1.29 is 31.8 Å². The minimum absolute atomic E-state index is 0.121. The molecule has 152 valence electrons. The third kappa shape index (κ3) is 5.93. The Morgan fingerprint density at radius 3 is 2.79 bits per heavy atom. The molecule has 1 aliphatic heterocycles. The van der Waals surface area contributed by atoms with E-state index in [1.807, 2.05) is 0 Å². The Morgan fingerprint density at radius 2 is 2.03 bits per heavy atom. The number of hydrogen-bond donors (Lipinski definition) is 1. The van der Waals surface area contributed by atoms with Crippen LogP contribution in [0.25, 0.3) is 0 Å². The third-order valence-corrected chi connectivity index (χ3v) is 3.98. The number of halogens is 4. The fourth-order valence-electron chi connectivity index (χ4n) is 2.79. The van der Waals surface area contributed by atoms with Crippen molar-refractivity contribution in [3.63, 3.8) is 0 Å². The molecule has 2 heterocycles. The van der Waals surface area contributed by atoms with Gasteiger partial charge in [-0.15, -0.1) is 0 Å². The summed E-state index contributed by atoms with van der Waals surface area (Å²) in [4.78, 5) is 15.8. The molecule has 1 amide bonds. The average Bonchev–Trinajstić information content (AvgIpc) is 3.06. The van der Waals surface area contributed by atoms with Gasteiger partial charge in [0.2, 0.25) is 0 Å². The minimum atomic E-state index is -4.36. The summed E-state index contributed by atoms with van der Waals surface area (Å²) in [5, 5.41) is 2.67. The number of nitrogens with one attached hydrogen (secondary N) is 1. The van der Waals surface area contributed by atoms with Crippen molar-refractivity contribution >= 4 is 6.09 Å². The summed E-state index contributed by atoms with van der Waals surface area (Å²) in [6.45, 7) is -1.46. The van der Waals surface area contributed by atoms with Gasteiger partial charge in [-0.3, -0.25) is 4.98 Å². The van der Waals surface area contributed by atoms with Crippen LogP contribution in [0, 0.1) is 17.7 Å². The zero-order valence-electron chi connectivity index (χ0n) is 15.0. The van der Waals surface area contributed by atoms with E-state index in [0.717, 1.165) is 0 Å². The second-order valence-corrected chi connectivity index (χ2v) is 6.23. The zero-order chi connectivity index (χ0) is 20.9. The summed E-state index contributed by atoms with van der Waals surface area (Å²) in [5.74, 6) is 5.06. The third-order valence-electron chi connectivity index (χ3n) is 3.98. The van der Waals surface area contributed by atoms with Crippen LogP contribution >= 0.6 is 0 Å². The van der Waals surface area contributed by atoms with E-state index in [9.17, 15) is 22.4 Å². The maximum absolute atomic E-state index is 13.5. The van der Waals surface area contributed by atoms with Crippen molar-refractivity contribution in [1.82, 2.24) is 10.3 Å². The van der Waals surface area contributed by atoms with Gasteiger partial charge in [-0.05, 0) is 29.3 Å². The lowest BCUT2D eigenvalue weighted by Crippen LogP contribution is -2.19. The van der Waals surface area contributed by atoms with E-state index in [1.165, 1.54) is 30.6 Å². The van der Waals surface area contributed by atoms with E-state index in [1.54, 1.807) is 12.1 Å². The first-order valence-electron chi connectivity index (χ1n) is 8.63. The maximum Gasteiger partial charge on any atom is 0.411 e. The summed E-state index contributed by atoms with van der Waals surface area (Å²) < 4.78 is 59.3. The van der Waals surface area contributed by atoms with Crippen LogP contribution in [-0.4, -0.2) is 30.5 Å². The first-order valence-corrected chi connectivity index (χ1v) is 8.63. The fourth-order valence-corrected chi connectivity index (χ4v) is 2.79. The maximum atomic E-state index is 13.5. The number of nitrogens with zero attached hydrogens (tertiary/aromatic N) is 1. The molecule has 1 aliphatic rings. The number of cyclic esters (lactones) is 1. The molecule has 2 atom stereocenters. The lowest BCUT2D eigenvalue weighted by atomic mass is 9.97. The van der Waals surface area contributed by atoms with E-state index in [-0.39, 0.29) is 13.0 Å². The summed E-state index contributed by atoms with van der Waals surface area (Å²) in [7, 11) is 0. The number of rotatable bonds is 5. The highest BCUT2D eigenvalue weighted by Gasteiger charge is 2.36. The number of carbonyl (C=O) groups is 1. The van der Waals surface area contributed by atoms with Gasteiger partial charge in [0.05, 0.1) is 6.61 Å². The molecule has 0 bridgehead atoms. The Morgan fingerprint density at radius 1 is 1.21 bits per heavy atom. The van der Waals surface area contributed by atoms with E-state index in [0.29, 0.717) is 16.7 Å². The predicted octanol–water partition coefficient (Wildman–Crippen LogP) is 4.06. The second kappa shape index (κ2) is 8.92. The predicted molar refractivity (Wildman–Crippen MR) is 94.1 cm³/mol. The summed E-state index contributed by atoms with van der Waals surface area (Å²) in [6.07, 6.45) is -2.60. The number of aromatic nitrogens is 1. The van der Waals surface area contributed by atoms with Gasteiger partial charge in [0, 0.05) is 24.4 Å². The molecule has 29 heavy (non-hydrogen) atoms. The van der Waals surface area contributed by atoms with Crippen LogP contribution in [0.4, 0.5) is 22.4 Å². The molecule has 0 unspecified atom stereocenters. The Balaban J connectivity index is 1.68. The smallest absolute Gasteiger partial charge is 0.411 e. The van der Waals surface area contributed by atoms with Gasteiger partial charge in [-0.2, -0.15) is 13.2 Å². The molecule has 1 aromatic carbocycles. The SMILES string of the molecule is O=C1N[C@H](c2cncc(C#CCCOCC(F)(F)F)c2)[C@@H](c2cccc(F)c2)O1. The van der Waals surface area contributed by atoms with E-state index < -0.39 is 36.8 Å². The average molecular weight is 408 g/mol. The van der Waals surface area contributed by atoms with Crippen LogP contribution in [0.1, 0.15) is 35.3 Å². The molecule has 1 N–H and O–H groups in total. The minimum Gasteiger partial charge on any atom is -0.439 e. The lowest BCUT2D eigenvalue weighted by molar-refractivity contribution is -0.173. The van der Waals surface area contributed by atoms with Crippen molar-refractivity contribution in [3.05, 3.63) is 65.2 Å². The highest BCUT2D eigenvalue weighted by atomic mass is 19.4. The molecule has 1 aromatic heterocycles. The Labute approximate surface area is 164 Å². The highest BCUT2D eigenvalue weighted by molar-refractivity contribution is 5.71. The monoisotopic (exact) mass is 408 g/mol. The molecular weight excluding hydrogens is 392 g/mol. The van der Waals surface area contributed by atoms with Gasteiger partial charge in [0.1, 0.15) is 18.5 Å². The largest absolute Gasteiger partial charge is 0.439 e. The van der Waals surface area contributed by atoms with Crippen molar-refractivity contribution in [2.24, 2.45) is 0 Å². The zero-order valence-corrected chi connectivity index (χ0v) is 15.0. The highest BCUT2D eigenvalue weighted by Crippen LogP contribution is 2.36. The summed E-state index contributed by atoms with van der Waals surface area (Å²) >= 11 is 0. The molecule has 3 rings (SSSR count). The number of hydrogen-bond acceptors (Lipinski definition) is 4. The van der Waals surface area contributed by atoms with Gasteiger partial charge in [0.15, 0.2) is 6.10 Å². The molecule has 0 aliphatic carbocycles.